The van der Waals surface area contributed by atoms with Gasteiger partial charge in [-0.05, 0) is 77.0 Å². The van der Waals surface area contributed by atoms with E-state index in [1.165, 1.54) is 347 Å². The molecule has 0 aliphatic heterocycles. The number of carbonyl (C=O) groups excluding carboxylic acids is 2. The van der Waals surface area contributed by atoms with Gasteiger partial charge in [0.1, 0.15) is 0 Å². The molecular formula is C76H147NO5. The molecule has 486 valence electrons. The zero-order valence-electron chi connectivity index (χ0n) is 55.8. The van der Waals surface area contributed by atoms with Crippen molar-refractivity contribution in [3.8, 4) is 0 Å². The van der Waals surface area contributed by atoms with Crippen LogP contribution < -0.4 is 5.32 Å². The number of carbonyl (C=O) groups is 2. The Kier molecular flexibility index (Phi) is 70.4. The molecule has 3 N–H and O–H groups in total. The summed E-state index contributed by atoms with van der Waals surface area (Å²) in [5.74, 6) is -0.0264. The first-order valence-electron chi connectivity index (χ1n) is 37.6. The zero-order chi connectivity index (χ0) is 59.2. The van der Waals surface area contributed by atoms with Crippen molar-refractivity contribution in [2.75, 3.05) is 13.2 Å². The van der Waals surface area contributed by atoms with Gasteiger partial charge < -0.3 is 20.3 Å². The summed E-state index contributed by atoms with van der Waals surface area (Å²) in [7, 11) is 0. The summed E-state index contributed by atoms with van der Waals surface area (Å²) < 4.78 is 5.51. The molecule has 6 nitrogen and oxygen atoms in total. The lowest BCUT2D eigenvalue weighted by Crippen LogP contribution is -2.45. The van der Waals surface area contributed by atoms with Crippen LogP contribution in [0.5, 0.6) is 0 Å². The number of aliphatic hydroxyl groups excluding tert-OH is 2. The summed E-state index contributed by atoms with van der Waals surface area (Å²) in [6.45, 7) is 4.99. The Morgan fingerprint density at radius 2 is 0.573 bits per heavy atom. The fourth-order valence-electron chi connectivity index (χ4n) is 12.0. The van der Waals surface area contributed by atoms with Crippen molar-refractivity contribution in [1.82, 2.24) is 5.32 Å². The minimum atomic E-state index is -0.670. The molecule has 0 radical (unpaired) electrons. The average molecular weight is 1160 g/mol. The number of hydrogen-bond acceptors (Lipinski definition) is 5. The molecule has 0 rings (SSSR count). The van der Waals surface area contributed by atoms with E-state index in [-0.39, 0.29) is 18.5 Å². The Morgan fingerprint density at radius 1 is 0.329 bits per heavy atom. The van der Waals surface area contributed by atoms with Gasteiger partial charge in [-0.1, -0.05) is 359 Å². The van der Waals surface area contributed by atoms with Crippen LogP contribution in [0, 0.1) is 0 Å². The van der Waals surface area contributed by atoms with Gasteiger partial charge in [0.2, 0.25) is 5.91 Å². The second-order valence-electron chi connectivity index (χ2n) is 26.0. The lowest BCUT2D eigenvalue weighted by atomic mass is 10.0. The van der Waals surface area contributed by atoms with Gasteiger partial charge in [-0.2, -0.15) is 0 Å². The van der Waals surface area contributed by atoms with Crippen LogP contribution in [0.1, 0.15) is 425 Å². The predicted molar refractivity (Wildman–Crippen MR) is 361 cm³/mol. The summed E-state index contributed by atoms with van der Waals surface area (Å²) in [6, 6.07) is -0.548. The molecule has 0 heterocycles. The largest absolute Gasteiger partial charge is 0.466 e. The highest BCUT2D eigenvalue weighted by atomic mass is 16.5. The van der Waals surface area contributed by atoms with Crippen molar-refractivity contribution in [3.63, 3.8) is 0 Å². The molecule has 0 fully saturated rings. The van der Waals surface area contributed by atoms with Crippen molar-refractivity contribution in [3.05, 3.63) is 24.3 Å². The van der Waals surface area contributed by atoms with E-state index in [0.29, 0.717) is 25.9 Å². The Morgan fingerprint density at radius 3 is 0.866 bits per heavy atom. The van der Waals surface area contributed by atoms with Gasteiger partial charge in [-0.25, -0.2) is 0 Å². The quantitative estimate of drug-likeness (QED) is 0.0320. The molecule has 0 aromatic rings. The van der Waals surface area contributed by atoms with Crippen LogP contribution in [0.2, 0.25) is 0 Å². The number of hydrogen-bond donors (Lipinski definition) is 3. The van der Waals surface area contributed by atoms with E-state index in [2.05, 4.69) is 43.5 Å². The first-order chi connectivity index (χ1) is 40.5. The monoisotopic (exact) mass is 1150 g/mol. The highest BCUT2D eigenvalue weighted by molar-refractivity contribution is 5.76. The van der Waals surface area contributed by atoms with Crippen LogP contribution in [-0.2, 0) is 14.3 Å². The van der Waals surface area contributed by atoms with Crippen molar-refractivity contribution < 1.29 is 24.5 Å². The molecule has 2 atom stereocenters. The molecule has 0 aliphatic carbocycles. The number of allylic oxidation sites excluding steroid dienone is 4. The number of esters is 1. The van der Waals surface area contributed by atoms with Crippen molar-refractivity contribution in [1.29, 1.82) is 0 Å². The fourth-order valence-corrected chi connectivity index (χ4v) is 12.0. The third-order valence-electron chi connectivity index (χ3n) is 17.7. The molecule has 0 aromatic carbocycles. The summed E-state index contributed by atoms with van der Waals surface area (Å²) in [5, 5.41) is 23.5. The van der Waals surface area contributed by atoms with Crippen LogP contribution in [0.4, 0.5) is 0 Å². The molecule has 0 aliphatic rings. The summed E-state index contributed by atoms with van der Waals surface area (Å²) in [6.07, 6.45) is 90.9. The Labute approximate surface area is 513 Å². The standard InChI is InChI=1S/C76H147NO5/c1-3-5-7-9-11-13-15-17-19-21-23-24-25-27-30-33-36-40-44-48-52-56-60-64-68-74(79)73(72-78)77-75(80)69-65-61-57-53-49-45-41-37-34-31-28-26-29-32-35-39-43-47-51-55-59-63-67-71-82-76(81)70-66-62-58-54-50-46-42-38-22-20-18-16-14-12-10-8-6-4-2/h20,22,31,34,73-74,78-79H,3-19,21,23-30,32-33,35-72H2,1-2H3,(H,77,80)/b22-20-,34-31-. The van der Waals surface area contributed by atoms with E-state index < -0.39 is 12.1 Å². The normalized spacial score (nSPS) is 12.6. The number of nitrogens with one attached hydrogen (secondary N) is 1. The van der Waals surface area contributed by atoms with Gasteiger partial charge in [-0.15, -0.1) is 0 Å². The van der Waals surface area contributed by atoms with Gasteiger partial charge in [0.15, 0.2) is 0 Å². The molecule has 0 saturated heterocycles. The lowest BCUT2D eigenvalue weighted by Gasteiger charge is -2.22. The van der Waals surface area contributed by atoms with Crippen molar-refractivity contribution >= 4 is 11.9 Å². The maximum absolute atomic E-state index is 12.6. The summed E-state index contributed by atoms with van der Waals surface area (Å²) >= 11 is 0. The van der Waals surface area contributed by atoms with Gasteiger partial charge in [0.25, 0.3) is 0 Å². The Balaban J connectivity index is 3.40. The minimum Gasteiger partial charge on any atom is -0.466 e. The van der Waals surface area contributed by atoms with Crippen molar-refractivity contribution in [2.24, 2.45) is 0 Å². The predicted octanol–water partition coefficient (Wildman–Crippen LogP) is 24.5. The van der Waals surface area contributed by atoms with Crippen LogP contribution >= 0.6 is 0 Å². The number of unbranched alkanes of at least 4 members (excludes halogenated alkanes) is 56. The first-order valence-corrected chi connectivity index (χ1v) is 37.6. The maximum Gasteiger partial charge on any atom is 0.305 e. The van der Waals surface area contributed by atoms with Gasteiger partial charge in [0, 0.05) is 12.8 Å². The highest BCUT2D eigenvalue weighted by Crippen LogP contribution is 2.19. The Bertz CT molecular complexity index is 1280. The third-order valence-corrected chi connectivity index (χ3v) is 17.7. The zero-order valence-corrected chi connectivity index (χ0v) is 55.8. The number of aliphatic hydroxyl groups is 2. The first kappa shape index (κ1) is 80.3. The smallest absolute Gasteiger partial charge is 0.305 e. The van der Waals surface area contributed by atoms with Crippen LogP contribution in [-0.4, -0.2) is 47.4 Å². The molecule has 0 aromatic heterocycles. The Hall–Kier alpha value is -1.66. The minimum absolute atomic E-state index is 0.00982. The molecule has 0 saturated carbocycles. The molecule has 0 bridgehead atoms. The van der Waals surface area contributed by atoms with Gasteiger partial charge in [0.05, 0.1) is 25.4 Å². The van der Waals surface area contributed by atoms with Crippen LogP contribution in [0.25, 0.3) is 0 Å². The molecule has 1 amide bonds. The number of ether oxygens (including phenoxy) is 1. The van der Waals surface area contributed by atoms with Gasteiger partial charge >= 0.3 is 5.97 Å². The number of rotatable bonds is 71. The highest BCUT2D eigenvalue weighted by Gasteiger charge is 2.20. The second-order valence-corrected chi connectivity index (χ2v) is 26.0. The average Bonchev–Trinajstić information content (AvgIpc) is 3.48. The van der Waals surface area contributed by atoms with E-state index in [1.54, 1.807) is 0 Å². The second kappa shape index (κ2) is 71.8. The van der Waals surface area contributed by atoms with E-state index in [1.807, 2.05) is 0 Å². The fraction of sp³-hybridized carbons (Fsp3) is 0.921. The molecule has 2 unspecified atom stereocenters. The maximum atomic E-state index is 12.6. The van der Waals surface area contributed by atoms with Crippen LogP contribution in [0.3, 0.4) is 0 Å². The molecule has 6 heteroatoms. The van der Waals surface area contributed by atoms with Crippen LogP contribution in [0.15, 0.2) is 24.3 Å². The summed E-state index contributed by atoms with van der Waals surface area (Å²) in [5.41, 5.74) is 0. The molecule has 0 spiro atoms. The van der Waals surface area contributed by atoms with E-state index in [4.69, 9.17) is 4.74 Å². The topological polar surface area (TPSA) is 95.9 Å². The van der Waals surface area contributed by atoms with E-state index in [0.717, 1.165) is 44.9 Å². The third kappa shape index (κ3) is 67.5. The molecule has 82 heavy (non-hydrogen) atoms. The van der Waals surface area contributed by atoms with E-state index in [9.17, 15) is 19.8 Å². The lowest BCUT2D eigenvalue weighted by molar-refractivity contribution is -0.143. The van der Waals surface area contributed by atoms with E-state index >= 15 is 0 Å². The molecular weight excluding hydrogens is 1010 g/mol. The summed E-state index contributed by atoms with van der Waals surface area (Å²) in [4.78, 5) is 24.7. The van der Waals surface area contributed by atoms with Crippen molar-refractivity contribution in [2.45, 2.75) is 437 Å². The number of amides is 1. The van der Waals surface area contributed by atoms with Gasteiger partial charge in [-0.3, -0.25) is 9.59 Å². The SMILES string of the molecule is CCCCCCCCC/C=C\CCCCCCCCCC(=O)OCCCCCCCCCCCCCC/C=C\CCCCCCCCCC(=O)NC(CO)C(O)CCCCCCCCCCCCCCCCCCCCCCCCCC.